The van der Waals surface area contributed by atoms with E-state index in [1.54, 1.807) is 18.0 Å². The standard InChI is InChI=1S/C20H23ClN2O2S/c1-3-18(20(25)22-2)23(13-15-9-7-8-12-17(15)21)19(24)14-26-16-10-5-4-6-11-16/h4-12,18H,3,13-14H2,1-2H3,(H,22,25). The maximum absolute atomic E-state index is 12.9. The van der Waals surface area contributed by atoms with E-state index in [1.807, 2.05) is 55.5 Å². The summed E-state index contributed by atoms with van der Waals surface area (Å²) in [5, 5.41) is 3.24. The summed E-state index contributed by atoms with van der Waals surface area (Å²) in [6, 6.07) is 16.6. The van der Waals surface area contributed by atoms with Crippen LogP contribution in [0.1, 0.15) is 18.9 Å². The molecule has 0 aromatic heterocycles. The largest absolute Gasteiger partial charge is 0.357 e. The van der Waals surface area contributed by atoms with E-state index in [1.165, 1.54) is 11.8 Å². The second kappa shape index (κ2) is 10.2. The van der Waals surface area contributed by atoms with Crippen molar-refractivity contribution in [2.75, 3.05) is 12.8 Å². The number of carbonyl (C=O) groups excluding carboxylic acids is 2. The van der Waals surface area contributed by atoms with Gasteiger partial charge >= 0.3 is 0 Å². The van der Waals surface area contributed by atoms with E-state index in [0.717, 1.165) is 10.5 Å². The van der Waals surface area contributed by atoms with E-state index in [-0.39, 0.29) is 17.6 Å². The Kier molecular flexibility index (Phi) is 8.01. The molecule has 0 aliphatic heterocycles. The third-order valence-electron chi connectivity index (χ3n) is 4.04. The molecule has 0 fully saturated rings. The first-order chi connectivity index (χ1) is 12.6. The molecule has 2 aromatic carbocycles. The van der Waals surface area contributed by atoms with Crippen LogP contribution in [0.15, 0.2) is 59.5 Å². The van der Waals surface area contributed by atoms with E-state index < -0.39 is 6.04 Å². The van der Waals surface area contributed by atoms with E-state index in [4.69, 9.17) is 11.6 Å². The smallest absolute Gasteiger partial charge is 0.242 e. The van der Waals surface area contributed by atoms with Gasteiger partial charge in [-0.05, 0) is 30.2 Å². The molecule has 2 rings (SSSR count). The van der Waals surface area contributed by atoms with Gasteiger partial charge in [0.1, 0.15) is 6.04 Å². The van der Waals surface area contributed by atoms with E-state index in [9.17, 15) is 9.59 Å². The van der Waals surface area contributed by atoms with E-state index >= 15 is 0 Å². The Hall–Kier alpha value is -1.98. The molecule has 4 nitrogen and oxygen atoms in total. The highest BCUT2D eigenvalue weighted by Gasteiger charge is 2.28. The Morgan fingerprint density at radius 3 is 2.38 bits per heavy atom. The van der Waals surface area contributed by atoms with Crippen LogP contribution < -0.4 is 5.32 Å². The summed E-state index contributed by atoms with van der Waals surface area (Å²) in [5.41, 5.74) is 0.828. The summed E-state index contributed by atoms with van der Waals surface area (Å²) in [6.07, 6.45) is 0.534. The summed E-state index contributed by atoms with van der Waals surface area (Å²) in [4.78, 5) is 27.9. The molecule has 1 unspecified atom stereocenters. The molecule has 0 aliphatic carbocycles. The van der Waals surface area contributed by atoms with E-state index in [2.05, 4.69) is 5.32 Å². The molecule has 0 radical (unpaired) electrons. The lowest BCUT2D eigenvalue weighted by Crippen LogP contribution is -2.48. The number of likely N-dealkylation sites (N-methyl/N-ethyl adjacent to an activating group) is 1. The Morgan fingerprint density at radius 1 is 1.12 bits per heavy atom. The summed E-state index contributed by atoms with van der Waals surface area (Å²) in [7, 11) is 1.59. The Bertz CT molecular complexity index is 740. The maximum atomic E-state index is 12.9. The molecule has 1 atom stereocenters. The second-order valence-electron chi connectivity index (χ2n) is 5.75. The molecular weight excluding hydrogens is 368 g/mol. The number of amides is 2. The van der Waals surface area contributed by atoms with Crippen molar-refractivity contribution in [3.63, 3.8) is 0 Å². The fourth-order valence-corrected chi connectivity index (χ4v) is 3.64. The summed E-state index contributed by atoms with van der Waals surface area (Å²) in [6.45, 7) is 2.21. The summed E-state index contributed by atoms with van der Waals surface area (Å²) >= 11 is 7.73. The van der Waals surface area contributed by atoms with Crippen LogP contribution >= 0.6 is 23.4 Å². The molecule has 0 saturated carbocycles. The van der Waals surface area contributed by atoms with Gasteiger partial charge in [0.25, 0.3) is 0 Å². The number of hydrogen-bond donors (Lipinski definition) is 1. The lowest BCUT2D eigenvalue weighted by molar-refractivity contribution is -0.139. The lowest BCUT2D eigenvalue weighted by atomic mass is 10.1. The molecule has 26 heavy (non-hydrogen) atoms. The first kappa shape index (κ1) is 20.3. The minimum Gasteiger partial charge on any atom is -0.357 e. The molecule has 0 aliphatic rings. The number of thioether (sulfide) groups is 1. The van der Waals surface area contributed by atoms with Gasteiger partial charge in [-0.15, -0.1) is 11.8 Å². The first-order valence-corrected chi connectivity index (χ1v) is 9.85. The number of nitrogens with one attached hydrogen (secondary N) is 1. The minimum atomic E-state index is -0.528. The zero-order valence-corrected chi connectivity index (χ0v) is 16.5. The molecule has 6 heteroatoms. The molecule has 0 saturated heterocycles. The number of rotatable bonds is 8. The highest BCUT2D eigenvalue weighted by molar-refractivity contribution is 8.00. The average molecular weight is 391 g/mol. The monoisotopic (exact) mass is 390 g/mol. The predicted molar refractivity (Wildman–Crippen MR) is 107 cm³/mol. The number of halogens is 1. The quantitative estimate of drug-likeness (QED) is 0.693. The van der Waals surface area contributed by atoms with Crippen LogP contribution in [0.2, 0.25) is 5.02 Å². The zero-order valence-electron chi connectivity index (χ0n) is 14.9. The van der Waals surface area contributed by atoms with Gasteiger partial charge in [-0.2, -0.15) is 0 Å². The van der Waals surface area contributed by atoms with Gasteiger partial charge in [-0.3, -0.25) is 9.59 Å². The number of carbonyl (C=O) groups is 2. The van der Waals surface area contributed by atoms with Gasteiger partial charge in [0.2, 0.25) is 11.8 Å². The Labute approximate surface area is 163 Å². The lowest BCUT2D eigenvalue weighted by Gasteiger charge is -2.30. The van der Waals surface area contributed by atoms with Crippen molar-refractivity contribution in [1.82, 2.24) is 10.2 Å². The Morgan fingerprint density at radius 2 is 1.77 bits per heavy atom. The van der Waals surface area contributed by atoms with Gasteiger partial charge in [0.15, 0.2) is 0 Å². The molecule has 0 spiro atoms. The van der Waals surface area contributed by atoms with Crippen LogP contribution in [-0.2, 0) is 16.1 Å². The third kappa shape index (κ3) is 5.51. The van der Waals surface area contributed by atoms with Gasteiger partial charge in [-0.1, -0.05) is 54.9 Å². The van der Waals surface area contributed by atoms with Crippen molar-refractivity contribution in [2.45, 2.75) is 30.8 Å². The number of hydrogen-bond acceptors (Lipinski definition) is 3. The fraction of sp³-hybridized carbons (Fsp3) is 0.300. The van der Waals surface area contributed by atoms with Crippen LogP contribution in [-0.4, -0.2) is 35.6 Å². The van der Waals surface area contributed by atoms with Crippen molar-refractivity contribution < 1.29 is 9.59 Å². The normalized spacial score (nSPS) is 11.7. The van der Waals surface area contributed by atoms with Crippen molar-refractivity contribution >= 4 is 35.2 Å². The Balaban J connectivity index is 2.19. The maximum Gasteiger partial charge on any atom is 0.242 e. The average Bonchev–Trinajstić information content (AvgIpc) is 2.67. The molecule has 0 bridgehead atoms. The topological polar surface area (TPSA) is 49.4 Å². The number of nitrogens with zero attached hydrogens (tertiary/aromatic N) is 1. The van der Waals surface area contributed by atoms with Crippen LogP contribution in [0.5, 0.6) is 0 Å². The van der Waals surface area contributed by atoms with Gasteiger partial charge in [0, 0.05) is 23.5 Å². The van der Waals surface area contributed by atoms with Crippen LogP contribution in [0.4, 0.5) is 0 Å². The predicted octanol–water partition coefficient (Wildman–Crippen LogP) is 3.99. The molecule has 138 valence electrons. The molecule has 2 amide bonds. The van der Waals surface area contributed by atoms with Gasteiger partial charge in [-0.25, -0.2) is 0 Å². The molecule has 0 heterocycles. The molecule has 1 N–H and O–H groups in total. The zero-order chi connectivity index (χ0) is 18.9. The second-order valence-corrected chi connectivity index (χ2v) is 7.21. The van der Waals surface area contributed by atoms with Gasteiger partial charge < -0.3 is 10.2 Å². The highest BCUT2D eigenvalue weighted by Crippen LogP contribution is 2.22. The summed E-state index contributed by atoms with van der Waals surface area (Å²) < 4.78 is 0. The fourth-order valence-electron chi connectivity index (χ4n) is 2.64. The van der Waals surface area contributed by atoms with Crippen molar-refractivity contribution in [1.29, 1.82) is 0 Å². The summed E-state index contributed by atoms with van der Waals surface area (Å²) in [5.74, 6) is 0.00828. The van der Waals surface area contributed by atoms with Crippen molar-refractivity contribution in [2.24, 2.45) is 0 Å². The minimum absolute atomic E-state index is 0.0887. The van der Waals surface area contributed by atoms with Gasteiger partial charge in [0.05, 0.1) is 5.75 Å². The number of benzene rings is 2. The first-order valence-electron chi connectivity index (χ1n) is 8.49. The van der Waals surface area contributed by atoms with E-state index in [0.29, 0.717) is 18.0 Å². The third-order valence-corrected chi connectivity index (χ3v) is 5.40. The van der Waals surface area contributed by atoms with Crippen LogP contribution in [0, 0.1) is 0 Å². The van der Waals surface area contributed by atoms with Crippen LogP contribution in [0.25, 0.3) is 0 Å². The SMILES string of the molecule is CCC(C(=O)NC)N(Cc1ccccc1Cl)C(=O)CSc1ccccc1. The highest BCUT2D eigenvalue weighted by atomic mass is 35.5. The van der Waals surface area contributed by atoms with Crippen molar-refractivity contribution in [3.8, 4) is 0 Å². The molecule has 2 aromatic rings. The van der Waals surface area contributed by atoms with Crippen molar-refractivity contribution in [3.05, 3.63) is 65.2 Å². The molecular formula is C20H23ClN2O2S. The van der Waals surface area contributed by atoms with Crippen LogP contribution in [0.3, 0.4) is 0 Å².